The lowest BCUT2D eigenvalue weighted by Gasteiger charge is -2.09. The molecule has 0 bridgehead atoms. The summed E-state index contributed by atoms with van der Waals surface area (Å²) in [5.74, 6) is 0. The Morgan fingerprint density at radius 3 is 2.69 bits per heavy atom. The zero-order valence-corrected chi connectivity index (χ0v) is 9.22. The number of hydrogen-bond acceptors (Lipinski definition) is 2. The minimum absolute atomic E-state index is 0.262. The van der Waals surface area contributed by atoms with Gasteiger partial charge in [0.2, 0.25) is 0 Å². The maximum atomic E-state index is 8.81. The highest BCUT2D eigenvalue weighted by Gasteiger charge is 2.10. The van der Waals surface area contributed by atoms with Gasteiger partial charge in [-0.15, -0.1) is 11.6 Å². The van der Waals surface area contributed by atoms with Crippen LogP contribution in [0.4, 0.5) is 0 Å². The number of alkyl halides is 1. The Morgan fingerprint density at radius 1 is 1.19 bits per heavy atom. The minimum atomic E-state index is -0.262. The van der Waals surface area contributed by atoms with E-state index in [1.165, 1.54) is 0 Å². The lowest BCUT2D eigenvalue weighted by Crippen LogP contribution is -1.94. The fourth-order valence-corrected chi connectivity index (χ4v) is 1.75. The summed E-state index contributed by atoms with van der Waals surface area (Å²) in [4.78, 5) is 4.02. The molecule has 0 aliphatic rings. The quantitative estimate of drug-likeness (QED) is 0.740. The summed E-state index contributed by atoms with van der Waals surface area (Å²) < 4.78 is 0. The van der Waals surface area contributed by atoms with Crippen molar-refractivity contribution >= 4 is 11.6 Å². The highest BCUT2D eigenvalue weighted by molar-refractivity contribution is 6.22. The molecule has 0 unspecified atom stereocenters. The van der Waals surface area contributed by atoms with Crippen molar-refractivity contribution < 1.29 is 0 Å². The van der Waals surface area contributed by atoms with Gasteiger partial charge in [0.15, 0.2) is 0 Å². The lowest BCUT2D eigenvalue weighted by atomic mass is 10.0. The molecule has 0 saturated carbocycles. The van der Waals surface area contributed by atoms with E-state index in [4.69, 9.17) is 16.9 Å². The molecule has 78 valence electrons. The van der Waals surface area contributed by atoms with Gasteiger partial charge in [0.25, 0.3) is 0 Å². The van der Waals surface area contributed by atoms with E-state index in [9.17, 15) is 0 Å². The van der Waals surface area contributed by atoms with Crippen molar-refractivity contribution in [3.63, 3.8) is 0 Å². The van der Waals surface area contributed by atoms with Gasteiger partial charge in [-0.05, 0) is 29.3 Å². The van der Waals surface area contributed by atoms with Crippen LogP contribution >= 0.6 is 11.6 Å². The van der Waals surface area contributed by atoms with Gasteiger partial charge in [-0.25, -0.2) is 0 Å². The SMILES string of the molecule is N#Cc1cccc([C@H](Cl)c2cccnc2)c1. The monoisotopic (exact) mass is 228 g/mol. The first-order valence-electron chi connectivity index (χ1n) is 4.85. The molecule has 2 rings (SSSR count). The highest BCUT2D eigenvalue weighted by atomic mass is 35.5. The van der Waals surface area contributed by atoms with E-state index in [0.717, 1.165) is 11.1 Å². The van der Waals surface area contributed by atoms with Crippen molar-refractivity contribution in [3.05, 3.63) is 65.5 Å². The normalized spacial score (nSPS) is 11.8. The van der Waals surface area contributed by atoms with Crippen molar-refractivity contribution in [2.24, 2.45) is 0 Å². The van der Waals surface area contributed by atoms with E-state index in [2.05, 4.69) is 11.1 Å². The Labute approximate surface area is 99.1 Å². The van der Waals surface area contributed by atoms with E-state index in [0.29, 0.717) is 5.56 Å². The summed E-state index contributed by atoms with van der Waals surface area (Å²) >= 11 is 6.31. The van der Waals surface area contributed by atoms with E-state index in [1.807, 2.05) is 24.3 Å². The summed E-state index contributed by atoms with van der Waals surface area (Å²) in [6, 6.07) is 13.2. The minimum Gasteiger partial charge on any atom is -0.264 e. The average Bonchev–Trinajstić information content (AvgIpc) is 2.39. The Kier molecular flexibility index (Phi) is 3.19. The third-order valence-electron chi connectivity index (χ3n) is 2.29. The van der Waals surface area contributed by atoms with Crippen molar-refractivity contribution in [1.82, 2.24) is 4.98 Å². The van der Waals surface area contributed by atoms with Crippen LogP contribution in [0.3, 0.4) is 0 Å². The second-order valence-electron chi connectivity index (χ2n) is 3.39. The molecule has 1 aromatic heterocycles. The molecule has 0 aliphatic carbocycles. The molecule has 2 nitrogen and oxygen atoms in total. The third-order valence-corrected chi connectivity index (χ3v) is 2.79. The second kappa shape index (κ2) is 4.78. The van der Waals surface area contributed by atoms with Crippen molar-refractivity contribution in [2.45, 2.75) is 5.38 Å². The molecule has 1 atom stereocenters. The highest BCUT2D eigenvalue weighted by Crippen LogP contribution is 2.28. The van der Waals surface area contributed by atoms with E-state index in [-0.39, 0.29) is 5.38 Å². The van der Waals surface area contributed by atoms with Crippen LogP contribution in [0.15, 0.2) is 48.8 Å². The van der Waals surface area contributed by atoms with Crippen molar-refractivity contribution in [2.75, 3.05) is 0 Å². The van der Waals surface area contributed by atoms with Crippen LogP contribution in [0.25, 0.3) is 0 Å². The Hall–Kier alpha value is -1.85. The van der Waals surface area contributed by atoms with E-state index in [1.54, 1.807) is 24.5 Å². The molecule has 1 heterocycles. The molecule has 3 heteroatoms. The Morgan fingerprint density at radius 2 is 2.00 bits per heavy atom. The zero-order valence-electron chi connectivity index (χ0n) is 8.47. The van der Waals surface area contributed by atoms with Gasteiger partial charge in [-0.1, -0.05) is 18.2 Å². The standard InChI is InChI=1S/C13H9ClN2/c14-13(12-5-2-6-16-9-12)11-4-1-3-10(7-11)8-15/h1-7,9,13H/t13-/m0/s1. The number of benzene rings is 1. The molecular weight excluding hydrogens is 220 g/mol. The average molecular weight is 229 g/mol. The molecule has 1 aromatic carbocycles. The molecule has 0 radical (unpaired) electrons. The summed E-state index contributed by atoms with van der Waals surface area (Å²) in [6.07, 6.45) is 3.44. The first kappa shape index (κ1) is 10.7. The van der Waals surface area contributed by atoms with Gasteiger partial charge in [-0.3, -0.25) is 4.98 Å². The molecule has 2 aromatic rings. The van der Waals surface area contributed by atoms with Crippen LogP contribution in [0.5, 0.6) is 0 Å². The maximum absolute atomic E-state index is 8.81. The molecule has 0 fully saturated rings. The van der Waals surface area contributed by atoms with Crippen LogP contribution < -0.4 is 0 Å². The van der Waals surface area contributed by atoms with Crippen molar-refractivity contribution in [1.29, 1.82) is 5.26 Å². The van der Waals surface area contributed by atoms with Gasteiger partial charge in [0.05, 0.1) is 17.0 Å². The third kappa shape index (κ3) is 2.21. The predicted molar refractivity (Wildman–Crippen MR) is 63.1 cm³/mol. The lowest BCUT2D eigenvalue weighted by molar-refractivity contribution is 1.10. The smallest absolute Gasteiger partial charge is 0.0991 e. The summed E-state index contributed by atoms with van der Waals surface area (Å²) in [7, 11) is 0. The summed E-state index contributed by atoms with van der Waals surface area (Å²) in [5.41, 5.74) is 2.46. The molecule has 16 heavy (non-hydrogen) atoms. The first-order valence-corrected chi connectivity index (χ1v) is 5.29. The van der Waals surface area contributed by atoms with Gasteiger partial charge in [0, 0.05) is 12.4 Å². The van der Waals surface area contributed by atoms with Crippen LogP contribution in [0, 0.1) is 11.3 Å². The topological polar surface area (TPSA) is 36.7 Å². The van der Waals surface area contributed by atoms with E-state index < -0.39 is 0 Å². The number of aromatic nitrogens is 1. The molecule has 0 aliphatic heterocycles. The van der Waals surface area contributed by atoms with E-state index >= 15 is 0 Å². The fraction of sp³-hybridized carbons (Fsp3) is 0.0769. The van der Waals surface area contributed by atoms with Gasteiger partial charge in [-0.2, -0.15) is 5.26 Å². The number of hydrogen-bond donors (Lipinski definition) is 0. The Bertz CT molecular complexity index is 517. The zero-order chi connectivity index (χ0) is 11.4. The van der Waals surface area contributed by atoms with Crippen LogP contribution in [0.2, 0.25) is 0 Å². The van der Waals surface area contributed by atoms with Crippen LogP contribution in [0.1, 0.15) is 22.1 Å². The fourth-order valence-electron chi connectivity index (χ4n) is 1.48. The number of pyridine rings is 1. The first-order chi connectivity index (χ1) is 7.81. The molecule has 0 spiro atoms. The van der Waals surface area contributed by atoms with Crippen LogP contribution in [-0.4, -0.2) is 4.98 Å². The summed E-state index contributed by atoms with van der Waals surface area (Å²) in [5, 5.41) is 8.55. The number of nitrogens with zero attached hydrogens (tertiary/aromatic N) is 2. The number of halogens is 1. The van der Waals surface area contributed by atoms with Gasteiger partial charge in [0.1, 0.15) is 0 Å². The number of nitriles is 1. The molecular formula is C13H9ClN2. The number of rotatable bonds is 2. The van der Waals surface area contributed by atoms with Gasteiger partial charge >= 0.3 is 0 Å². The van der Waals surface area contributed by atoms with Gasteiger partial charge < -0.3 is 0 Å². The molecule has 0 N–H and O–H groups in total. The predicted octanol–water partition coefficient (Wildman–Crippen LogP) is 3.28. The maximum Gasteiger partial charge on any atom is 0.0991 e. The second-order valence-corrected chi connectivity index (χ2v) is 3.82. The summed E-state index contributed by atoms with van der Waals surface area (Å²) in [6.45, 7) is 0. The van der Waals surface area contributed by atoms with Crippen molar-refractivity contribution in [3.8, 4) is 6.07 Å². The molecule has 0 saturated heterocycles. The Balaban J connectivity index is 2.35. The largest absolute Gasteiger partial charge is 0.264 e. The van der Waals surface area contributed by atoms with Crippen LogP contribution in [-0.2, 0) is 0 Å². The molecule has 0 amide bonds.